The summed E-state index contributed by atoms with van der Waals surface area (Å²) in [6.45, 7) is 1.55. The molecule has 2 aliphatic heterocycles. The van der Waals surface area contributed by atoms with Crippen LogP contribution in [-0.2, 0) is 16.6 Å². The van der Waals surface area contributed by atoms with Crippen molar-refractivity contribution in [3.05, 3.63) is 28.3 Å². The molecule has 0 saturated carbocycles. The third-order valence-corrected chi connectivity index (χ3v) is 6.43. The number of aryl methyl sites for hydroxylation is 1. The van der Waals surface area contributed by atoms with Crippen LogP contribution in [0.5, 0.6) is 0 Å². The van der Waals surface area contributed by atoms with Crippen LogP contribution in [0.2, 0.25) is 5.15 Å². The van der Waals surface area contributed by atoms with Gasteiger partial charge >= 0.3 is 0 Å². The largest absolute Gasteiger partial charge is 0.543 e. The van der Waals surface area contributed by atoms with Crippen molar-refractivity contribution in [3.63, 3.8) is 0 Å². The first-order valence-corrected chi connectivity index (χ1v) is 8.62. The molecule has 0 spiro atoms. The normalized spacial score (nSPS) is 24.5. The van der Waals surface area contributed by atoms with Crippen molar-refractivity contribution in [1.82, 2.24) is 9.47 Å². The number of β-lactam (4-membered cyclic amide) rings is 1. The van der Waals surface area contributed by atoms with Crippen LogP contribution in [-0.4, -0.2) is 38.6 Å². The lowest BCUT2D eigenvalue weighted by atomic mass is 9.83. The molecule has 9 heteroatoms. The molecule has 1 N–H and O–H groups in total. The number of aliphatic hydroxyl groups excluding tert-OH is 1. The van der Waals surface area contributed by atoms with Crippen LogP contribution < -0.4 is 9.51 Å². The number of carbonyl (C=O) groups excluding carboxylic acids is 2. The van der Waals surface area contributed by atoms with E-state index in [2.05, 4.69) is 0 Å². The summed E-state index contributed by atoms with van der Waals surface area (Å²) in [5, 5.41) is 21.9. The van der Waals surface area contributed by atoms with Crippen LogP contribution in [0.4, 0.5) is 0 Å². The smallest absolute Gasteiger partial charge is 0.253 e. The number of rotatable bonds is 3. The lowest BCUT2D eigenvalue weighted by Gasteiger charge is -2.45. The van der Waals surface area contributed by atoms with Gasteiger partial charge < -0.3 is 19.9 Å². The summed E-state index contributed by atoms with van der Waals surface area (Å²) in [7, 11) is 1.82. The maximum Gasteiger partial charge on any atom is 0.253 e. The Morgan fingerprint density at radius 1 is 1.58 bits per heavy atom. The van der Waals surface area contributed by atoms with Crippen molar-refractivity contribution >= 4 is 45.2 Å². The zero-order chi connectivity index (χ0) is 17.3. The molecule has 1 amide bonds. The number of hydrogen-bond acceptors (Lipinski definition) is 5. The number of fused-ring (bicyclic) bond motifs is 2. The van der Waals surface area contributed by atoms with E-state index >= 15 is 0 Å². The molecule has 0 radical (unpaired) electrons. The van der Waals surface area contributed by atoms with E-state index in [4.69, 9.17) is 11.6 Å². The number of halogens is 1. The van der Waals surface area contributed by atoms with E-state index in [1.54, 1.807) is 24.0 Å². The molecule has 0 aliphatic carbocycles. The second-order valence-electron chi connectivity index (χ2n) is 6.19. The van der Waals surface area contributed by atoms with Gasteiger partial charge in [0, 0.05) is 5.57 Å². The average Bonchev–Trinajstić information content (AvgIpc) is 3.11. The predicted octanol–water partition coefficient (Wildman–Crippen LogP) is -0.449. The number of carboxylic acid groups (broad SMARTS) is 1. The predicted molar refractivity (Wildman–Crippen MR) is 83.8 cm³/mol. The Bertz CT molecular complexity index is 929. The molecule has 0 aromatic carbocycles. The van der Waals surface area contributed by atoms with Crippen molar-refractivity contribution in [3.8, 4) is 0 Å². The molecule has 1 saturated heterocycles. The number of thiazole rings is 1. The zero-order valence-corrected chi connectivity index (χ0v) is 14.5. The molecule has 126 valence electrons. The monoisotopic (exact) mass is 367 g/mol. The van der Waals surface area contributed by atoms with E-state index in [9.17, 15) is 19.8 Å². The molecule has 2 aromatic heterocycles. The number of carboxylic acids is 1. The van der Waals surface area contributed by atoms with Gasteiger partial charge in [-0.3, -0.25) is 4.79 Å². The molecular weight excluding hydrogens is 354 g/mol. The molecule has 4 heterocycles. The number of imidazole rings is 1. The first-order valence-electron chi connectivity index (χ1n) is 7.43. The van der Waals surface area contributed by atoms with E-state index in [1.165, 1.54) is 16.2 Å². The number of aromatic nitrogens is 2. The standard InChI is InChI=1S/C15H14ClN3O4S/c1-6(20)10-8-3-7(11(15(22)23)19(8)13(10)21)9-4-18-5-17(2)12(16)14(18)24-9/h4-6,8,10,20H,3H2,1-2H3/t6-,8-,10-/m1/s1. The van der Waals surface area contributed by atoms with Crippen molar-refractivity contribution in [2.75, 3.05) is 0 Å². The quantitative estimate of drug-likeness (QED) is 0.588. The molecule has 7 nitrogen and oxygen atoms in total. The lowest BCUT2D eigenvalue weighted by Crippen LogP contribution is -2.62. The lowest BCUT2D eigenvalue weighted by molar-refractivity contribution is -0.508. The fourth-order valence-corrected chi connectivity index (χ4v) is 4.98. The summed E-state index contributed by atoms with van der Waals surface area (Å²) in [5.41, 5.74) is 0.468. The topological polar surface area (TPSA) is 89.7 Å². The molecular formula is C15H14ClN3O4S. The van der Waals surface area contributed by atoms with Gasteiger partial charge in [-0.05, 0) is 24.9 Å². The van der Waals surface area contributed by atoms with Crippen LogP contribution in [0, 0.1) is 5.92 Å². The van der Waals surface area contributed by atoms with Gasteiger partial charge in [0.05, 0.1) is 41.7 Å². The van der Waals surface area contributed by atoms with E-state index < -0.39 is 18.0 Å². The highest BCUT2D eigenvalue weighted by molar-refractivity contribution is 7.18. The van der Waals surface area contributed by atoms with Gasteiger partial charge in [-0.25, -0.2) is 4.57 Å². The number of hydrogen-bond donors (Lipinski definition) is 1. The minimum Gasteiger partial charge on any atom is -0.543 e. The highest BCUT2D eigenvalue weighted by Crippen LogP contribution is 2.47. The second kappa shape index (κ2) is 5.05. The third kappa shape index (κ3) is 1.90. The van der Waals surface area contributed by atoms with Gasteiger partial charge in [0.1, 0.15) is 6.20 Å². The van der Waals surface area contributed by atoms with Gasteiger partial charge in [-0.2, -0.15) is 4.40 Å². The van der Waals surface area contributed by atoms with Gasteiger partial charge in [0.25, 0.3) is 11.5 Å². The summed E-state index contributed by atoms with van der Waals surface area (Å²) in [6.07, 6.45) is 3.18. The maximum atomic E-state index is 12.2. The summed E-state index contributed by atoms with van der Waals surface area (Å²) in [6, 6.07) is -0.326. The molecule has 2 aliphatic rings. The molecule has 0 bridgehead atoms. The number of aliphatic hydroxyl groups is 1. The second-order valence-corrected chi connectivity index (χ2v) is 7.57. The summed E-state index contributed by atoms with van der Waals surface area (Å²) in [4.78, 5) is 26.6. The Morgan fingerprint density at radius 3 is 2.88 bits per heavy atom. The van der Waals surface area contributed by atoms with Gasteiger partial charge in [-0.1, -0.05) is 11.3 Å². The molecule has 3 atom stereocenters. The Hall–Kier alpha value is -1.90. The van der Waals surface area contributed by atoms with Gasteiger partial charge in [0.15, 0.2) is 0 Å². The van der Waals surface area contributed by atoms with Crippen LogP contribution >= 0.6 is 22.9 Å². The van der Waals surface area contributed by atoms with Gasteiger partial charge in [-0.15, -0.1) is 0 Å². The molecule has 24 heavy (non-hydrogen) atoms. The third-order valence-electron chi connectivity index (χ3n) is 4.70. The van der Waals surface area contributed by atoms with Gasteiger partial charge in [0.2, 0.25) is 10.7 Å². The van der Waals surface area contributed by atoms with E-state index in [0.717, 1.165) is 9.71 Å². The first kappa shape index (κ1) is 15.6. The Labute approximate surface area is 146 Å². The number of aliphatic carboxylic acids is 1. The number of carbonyl (C=O) groups is 2. The molecule has 0 unspecified atom stereocenters. The number of amides is 1. The highest BCUT2D eigenvalue weighted by atomic mass is 35.5. The molecule has 4 rings (SSSR count). The van der Waals surface area contributed by atoms with E-state index in [1.807, 2.05) is 11.4 Å². The fourth-order valence-electron chi connectivity index (χ4n) is 3.61. The Kier molecular flexibility index (Phi) is 3.28. The van der Waals surface area contributed by atoms with Crippen LogP contribution in [0.25, 0.3) is 10.4 Å². The average molecular weight is 368 g/mol. The van der Waals surface area contributed by atoms with Crippen molar-refractivity contribution in [1.29, 1.82) is 0 Å². The maximum absolute atomic E-state index is 12.2. The highest BCUT2D eigenvalue weighted by Gasteiger charge is 2.55. The van der Waals surface area contributed by atoms with Crippen LogP contribution in [0.1, 0.15) is 18.2 Å². The molecule has 1 fully saturated rings. The summed E-state index contributed by atoms with van der Waals surface area (Å²) in [5.74, 6) is -2.30. The van der Waals surface area contributed by atoms with E-state index in [-0.39, 0.29) is 17.6 Å². The first-order chi connectivity index (χ1) is 11.3. The zero-order valence-electron chi connectivity index (χ0n) is 12.9. The summed E-state index contributed by atoms with van der Waals surface area (Å²) >= 11 is 7.59. The SMILES string of the molecule is C[C@@H](O)[C@H]1C(=O)N2C(C(=O)[O-])=C(c3c[n+]4cn(C)c(Cl)c4s3)C[C@H]12. The van der Waals surface area contributed by atoms with Crippen LogP contribution in [0.3, 0.4) is 0 Å². The van der Waals surface area contributed by atoms with Crippen molar-refractivity contribution in [2.45, 2.75) is 25.5 Å². The number of nitrogens with zero attached hydrogens (tertiary/aromatic N) is 3. The Balaban J connectivity index is 1.81. The molecule has 2 aromatic rings. The fraction of sp³-hybridized carbons (Fsp3) is 0.400. The minimum absolute atomic E-state index is 0.0908. The summed E-state index contributed by atoms with van der Waals surface area (Å²) < 4.78 is 3.59. The van der Waals surface area contributed by atoms with Crippen molar-refractivity contribution in [2.24, 2.45) is 13.0 Å². The van der Waals surface area contributed by atoms with Crippen molar-refractivity contribution < 1.29 is 24.2 Å². The minimum atomic E-state index is -1.38. The van der Waals surface area contributed by atoms with E-state index in [0.29, 0.717) is 17.1 Å². The van der Waals surface area contributed by atoms with Crippen LogP contribution in [0.15, 0.2) is 18.2 Å². The Morgan fingerprint density at radius 2 is 2.29 bits per heavy atom.